The lowest BCUT2D eigenvalue weighted by Gasteiger charge is -2.39. The van der Waals surface area contributed by atoms with Gasteiger partial charge in [0.1, 0.15) is 6.04 Å². The van der Waals surface area contributed by atoms with Gasteiger partial charge in [-0.05, 0) is 64.7 Å². The molecule has 2 heterocycles. The summed E-state index contributed by atoms with van der Waals surface area (Å²) < 4.78 is 24.0. The highest BCUT2D eigenvalue weighted by atomic mass is 35.5. The normalized spacial score (nSPS) is 15.9. The number of benzene rings is 4. The van der Waals surface area contributed by atoms with E-state index in [2.05, 4.69) is 9.80 Å². The topological polar surface area (TPSA) is 102 Å². The zero-order chi connectivity index (χ0) is 39.0. The highest BCUT2D eigenvalue weighted by Gasteiger charge is 2.34. The number of hydrogen-bond acceptors (Lipinski definition) is 7. The van der Waals surface area contributed by atoms with Gasteiger partial charge >= 0.3 is 0 Å². The molecule has 10 nitrogen and oxygen atoms in total. The van der Waals surface area contributed by atoms with Crippen molar-refractivity contribution >= 4 is 50.9 Å². The average Bonchev–Trinajstić information content (AvgIpc) is 3.19. The third kappa shape index (κ3) is 10.8. The Labute approximate surface area is 329 Å². The van der Waals surface area contributed by atoms with E-state index in [4.69, 9.17) is 11.6 Å². The van der Waals surface area contributed by atoms with Gasteiger partial charge in [-0.1, -0.05) is 78.3 Å². The molecule has 0 aromatic heterocycles. The molecule has 1 unspecified atom stereocenters. The van der Waals surface area contributed by atoms with Crippen molar-refractivity contribution in [3.05, 3.63) is 136 Å². The number of carbonyl (C=O) groups is 3. The summed E-state index contributed by atoms with van der Waals surface area (Å²) in [6.07, 6.45) is 4.62. The molecule has 0 N–H and O–H groups in total. The number of amides is 3. The summed E-state index contributed by atoms with van der Waals surface area (Å²) in [7, 11) is -3.37. The highest BCUT2D eigenvalue weighted by Crippen LogP contribution is 2.23. The molecule has 4 aromatic carbocycles. The summed E-state index contributed by atoms with van der Waals surface area (Å²) in [4.78, 5) is 51.0. The number of anilines is 1. The zero-order valence-corrected chi connectivity index (χ0v) is 33.0. The van der Waals surface area contributed by atoms with Crippen LogP contribution in [0.25, 0.3) is 6.08 Å². The van der Waals surface area contributed by atoms with Crippen molar-refractivity contribution in [1.82, 2.24) is 19.6 Å². The van der Waals surface area contributed by atoms with Gasteiger partial charge in [-0.25, -0.2) is 8.42 Å². The quantitative estimate of drug-likeness (QED) is 0.177. The minimum Gasteiger partial charge on any atom is -0.368 e. The lowest BCUT2D eigenvalue weighted by molar-refractivity contribution is -0.145. The van der Waals surface area contributed by atoms with E-state index in [0.29, 0.717) is 56.3 Å². The number of hydrogen-bond donors (Lipinski definition) is 0. The van der Waals surface area contributed by atoms with Crippen LogP contribution in [0.15, 0.2) is 114 Å². The van der Waals surface area contributed by atoms with Crippen molar-refractivity contribution in [2.45, 2.75) is 37.4 Å². The standard InChI is InChI=1S/C43H48ClN5O5S/c1-33(50)46-26-28-47(29-27-46)39-17-10-37(11-18-39)32-49(42(51)21-14-34-12-19-40(20-13-34)55(2,53)54)41(30-35-6-4-3-5-7-35)43(52)48-24-22-45(23-25-48)31-36-8-15-38(44)16-9-36/h3-21,41H,22-32H2,1-2H3. The van der Waals surface area contributed by atoms with E-state index in [1.165, 1.54) is 18.2 Å². The van der Waals surface area contributed by atoms with Gasteiger partial charge in [-0.2, -0.15) is 0 Å². The molecule has 0 saturated carbocycles. The van der Waals surface area contributed by atoms with E-state index in [1.807, 2.05) is 88.7 Å². The molecule has 0 spiro atoms. The summed E-state index contributed by atoms with van der Waals surface area (Å²) in [6, 6.07) is 31.2. The largest absolute Gasteiger partial charge is 0.368 e. The Morgan fingerprint density at radius 2 is 1.33 bits per heavy atom. The smallest absolute Gasteiger partial charge is 0.247 e. The maximum atomic E-state index is 14.7. The van der Waals surface area contributed by atoms with Gasteiger partial charge < -0.3 is 19.6 Å². The van der Waals surface area contributed by atoms with Gasteiger partial charge in [0.2, 0.25) is 17.7 Å². The summed E-state index contributed by atoms with van der Waals surface area (Å²) in [5.41, 5.74) is 4.68. The molecule has 0 aliphatic carbocycles. The third-order valence-corrected chi connectivity index (χ3v) is 11.7. The number of piperazine rings is 2. The SMILES string of the molecule is CC(=O)N1CCN(c2ccc(CN(C(=O)C=Cc3ccc(S(C)(=O)=O)cc3)C(Cc3ccccc3)C(=O)N3CCN(Cc4ccc(Cl)cc4)CC3)cc2)CC1. The van der Waals surface area contributed by atoms with E-state index in [1.54, 1.807) is 30.0 Å². The Kier molecular flexibility index (Phi) is 13.1. The molecule has 2 aliphatic rings. The van der Waals surface area contributed by atoms with Crippen molar-refractivity contribution < 1.29 is 22.8 Å². The number of nitrogens with zero attached hydrogens (tertiary/aromatic N) is 5. The molecule has 2 fully saturated rings. The average molecular weight is 782 g/mol. The molecular formula is C43H48ClN5O5S. The van der Waals surface area contributed by atoms with Crippen LogP contribution in [0.1, 0.15) is 29.2 Å². The molecular weight excluding hydrogens is 734 g/mol. The van der Waals surface area contributed by atoms with Crippen molar-refractivity contribution in [2.75, 3.05) is 63.5 Å². The fraction of sp³-hybridized carbons (Fsp3) is 0.326. The summed E-state index contributed by atoms with van der Waals surface area (Å²) in [6.45, 7) is 7.84. The number of rotatable bonds is 12. The van der Waals surface area contributed by atoms with Gasteiger partial charge in [0, 0.05) is 102 Å². The molecule has 0 radical (unpaired) electrons. The molecule has 55 heavy (non-hydrogen) atoms. The monoisotopic (exact) mass is 781 g/mol. The molecule has 2 saturated heterocycles. The van der Waals surface area contributed by atoms with Crippen LogP contribution in [0.4, 0.5) is 5.69 Å². The van der Waals surface area contributed by atoms with Gasteiger partial charge in [0.15, 0.2) is 9.84 Å². The molecule has 3 amide bonds. The first kappa shape index (κ1) is 39.7. The van der Waals surface area contributed by atoms with Crippen LogP contribution < -0.4 is 4.90 Å². The molecule has 0 bridgehead atoms. The van der Waals surface area contributed by atoms with Crippen molar-refractivity contribution in [3.63, 3.8) is 0 Å². The molecule has 6 rings (SSSR count). The minimum atomic E-state index is -3.37. The van der Waals surface area contributed by atoms with E-state index in [-0.39, 0.29) is 29.2 Å². The summed E-state index contributed by atoms with van der Waals surface area (Å²) in [5.74, 6) is -0.347. The fourth-order valence-corrected chi connectivity index (χ4v) is 7.83. The lowest BCUT2D eigenvalue weighted by atomic mass is 10.0. The Hall–Kier alpha value is -4.97. The Morgan fingerprint density at radius 1 is 0.727 bits per heavy atom. The Bertz CT molecular complexity index is 2060. The first-order chi connectivity index (χ1) is 26.4. The fourth-order valence-electron chi connectivity index (χ4n) is 7.07. The van der Waals surface area contributed by atoms with Crippen LogP contribution in [0, 0.1) is 0 Å². The maximum absolute atomic E-state index is 14.7. The second-order valence-electron chi connectivity index (χ2n) is 14.2. The van der Waals surface area contributed by atoms with Crippen LogP contribution >= 0.6 is 11.6 Å². The molecule has 2 aliphatic heterocycles. The van der Waals surface area contributed by atoms with Crippen molar-refractivity contribution in [3.8, 4) is 0 Å². The molecule has 4 aromatic rings. The first-order valence-electron chi connectivity index (χ1n) is 18.6. The van der Waals surface area contributed by atoms with Gasteiger partial charge in [-0.15, -0.1) is 0 Å². The predicted octanol–water partition coefficient (Wildman–Crippen LogP) is 5.41. The van der Waals surface area contributed by atoms with Gasteiger partial charge in [-0.3, -0.25) is 19.3 Å². The number of sulfone groups is 1. The summed E-state index contributed by atoms with van der Waals surface area (Å²) in [5, 5.41) is 0.697. The van der Waals surface area contributed by atoms with Crippen LogP contribution in [0.2, 0.25) is 5.02 Å². The second kappa shape index (κ2) is 18.1. The molecule has 1 atom stereocenters. The van der Waals surface area contributed by atoms with Crippen LogP contribution in [-0.4, -0.2) is 110 Å². The van der Waals surface area contributed by atoms with E-state index in [0.717, 1.165) is 48.3 Å². The number of carbonyl (C=O) groups excluding carboxylic acids is 3. The van der Waals surface area contributed by atoms with E-state index in [9.17, 15) is 22.8 Å². The van der Waals surface area contributed by atoms with Gasteiger partial charge in [0.05, 0.1) is 4.90 Å². The van der Waals surface area contributed by atoms with Crippen LogP contribution in [0.5, 0.6) is 0 Å². The maximum Gasteiger partial charge on any atom is 0.247 e. The minimum absolute atomic E-state index is 0.0825. The van der Waals surface area contributed by atoms with Gasteiger partial charge in [0.25, 0.3) is 0 Å². The predicted molar refractivity (Wildman–Crippen MR) is 217 cm³/mol. The zero-order valence-electron chi connectivity index (χ0n) is 31.4. The third-order valence-electron chi connectivity index (χ3n) is 10.3. The van der Waals surface area contributed by atoms with Crippen molar-refractivity contribution in [2.24, 2.45) is 0 Å². The van der Waals surface area contributed by atoms with E-state index >= 15 is 0 Å². The van der Waals surface area contributed by atoms with Crippen LogP contribution in [0.3, 0.4) is 0 Å². The van der Waals surface area contributed by atoms with Crippen LogP contribution in [-0.2, 0) is 43.7 Å². The Balaban J connectivity index is 1.25. The first-order valence-corrected chi connectivity index (χ1v) is 20.9. The second-order valence-corrected chi connectivity index (χ2v) is 16.7. The lowest BCUT2D eigenvalue weighted by Crippen LogP contribution is -2.56. The molecule has 12 heteroatoms. The summed E-state index contributed by atoms with van der Waals surface area (Å²) >= 11 is 6.10. The Morgan fingerprint density at radius 3 is 1.93 bits per heavy atom. The highest BCUT2D eigenvalue weighted by molar-refractivity contribution is 7.90. The number of halogens is 1. The van der Waals surface area contributed by atoms with E-state index < -0.39 is 15.9 Å². The molecule has 288 valence electrons. The van der Waals surface area contributed by atoms with Crippen molar-refractivity contribution in [1.29, 1.82) is 0 Å².